The van der Waals surface area contributed by atoms with Crippen LogP contribution in [-0.4, -0.2) is 32.3 Å². The lowest BCUT2D eigenvalue weighted by Crippen LogP contribution is -2.54. The van der Waals surface area contributed by atoms with Crippen LogP contribution in [0.15, 0.2) is 6.07 Å². The van der Waals surface area contributed by atoms with Gasteiger partial charge in [-0.3, -0.25) is 9.48 Å². The van der Waals surface area contributed by atoms with E-state index in [1.165, 1.54) is 0 Å². The zero-order chi connectivity index (χ0) is 17.7. The van der Waals surface area contributed by atoms with Gasteiger partial charge in [0.2, 0.25) is 0 Å². The van der Waals surface area contributed by atoms with Gasteiger partial charge in [0.15, 0.2) is 0 Å². The smallest absolute Gasteiger partial charge is 0.329 e. The van der Waals surface area contributed by atoms with E-state index < -0.39 is 11.5 Å². The summed E-state index contributed by atoms with van der Waals surface area (Å²) in [5.74, 6) is -1.32. The van der Waals surface area contributed by atoms with Crippen LogP contribution in [0.5, 0.6) is 0 Å². The number of nitrogens with one attached hydrogen (secondary N) is 1. The Kier molecular flexibility index (Phi) is 6.02. The lowest BCUT2D eigenvalue weighted by atomic mass is 9.90. The molecule has 0 radical (unpaired) electrons. The molecule has 0 spiro atoms. The van der Waals surface area contributed by atoms with E-state index in [9.17, 15) is 14.7 Å². The number of nitrogens with zero attached hydrogens (tertiary/aromatic N) is 2. The Bertz CT molecular complexity index is 582. The minimum Gasteiger partial charge on any atom is -0.480 e. The van der Waals surface area contributed by atoms with Gasteiger partial charge in [0.1, 0.15) is 11.2 Å². The summed E-state index contributed by atoms with van der Waals surface area (Å²) in [7, 11) is 0. The fourth-order valence-corrected chi connectivity index (χ4v) is 3.61. The fourth-order valence-electron chi connectivity index (χ4n) is 3.61. The SMILES string of the molecule is CCC(CC)n1nc(C(=O)NC2(C(=O)O)CCCCCC2)cc1C. The topological polar surface area (TPSA) is 84.2 Å². The molecule has 1 aromatic heterocycles. The first-order valence-corrected chi connectivity index (χ1v) is 9.05. The molecule has 2 rings (SSSR count). The maximum atomic E-state index is 12.6. The van der Waals surface area contributed by atoms with Crippen molar-refractivity contribution in [3.63, 3.8) is 0 Å². The van der Waals surface area contributed by atoms with Crippen molar-refractivity contribution in [1.82, 2.24) is 15.1 Å². The van der Waals surface area contributed by atoms with E-state index in [1.807, 2.05) is 11.6 Å². The predicted octanol–water partition coefficient (Wildman–Crippen LogP) is 3.46. The molecule has 1 heterocycles. The third-order valence-corrected chi connectivity index (χ3v) is 5.16. The standard InChI is InChI=1S/C18H29N3O3/c1-4-14(5-2)21-13(3)12-15(20-21)16(22)19-18(17(23)24)10-8-6-7-9-11-18/h12,14H,4-11H2,1-3H3,(H,19,22)(H,23,24). The zero-order valence-electron chi connectivity index (χ0n) is 15.0. The van der Waals surface area contributed by atoms with E-state index in [0.717, 1.165) is 44.2 Å². The molecule has 1 aliphatic carbocycles. The number of amides is 1. The molecular weight excluding hydrogens is 306 g/mol. The van der Waals surface area contributed by atoms with Crippen molar-refractivity contribution >= 4 is 11.9 Å². The van der Waals surface area contributed by atoms with Crippen molar-refractivity contribution in [2.75, 3.05) is 0 Å². The average Bonchev–Trinajstić information content (AvgIpc) is 2.78. The van der Waals surface area contributed by atoms with Gasteiger partial charge in [-0.05, 0) is 38.7 Å². The Morgan fingerprint density at radius 1 is 1.25 bits per heavy atom. The van der Waals surface area contributed by atoms with Crippen molar-refractivity contribution in [2.24, 2.45) is 0 Å². The van der Waals surface area contributed by atoms with Crippen LogP contribution in [-0.2, 0) is 4.79 Å². The van der Waals surface area contributed by atoms with Crippen molar-refractivity contribution < 1.29 is 14.7 Å². The lowest BCUT2D eigenvalue weighted by molar-refractivity contribution is -0.145. The molecule has 0 bridgehead atoms. The highest BCUT2D eigenvalue weighted by Gasteiger charge is 2.40. The van der Waals surface area contributed by atoms with Gasteiger partial charge < -0.3 is 10.4 Å². The largest absolute Gasteiger partial charge is 0.480 e. The molecule has 1 saturated carbocycles. The second-order valence-electron chi connectivity index (χ2n) is 6.84. The number of aryl methyl sites for hydroxylation is 1. The van der Waals surface area contributed by atoms with E-state index in [2.05, 4.69) is 24.3 Å². The molecule has 1 aliphatic rings. The maximum absolute atomic E-state index is 12.6. The minimum absolute atomic E-state index is 0.262. The quantitative estimate of drug-likeness (QED) is 0.780. The number of carbonyl (C=O) groups is 2. The second-order valence-corrected chi connectivity index (χ2v) is 6.84. The zero-order valence-corrected chi connectivity index (χ0v) is 15.0. The summed E-state index contributed by atoms with van der Waals surface area (Å²) in [6.45, 7) is 6.13. The van der Waals surface area contributed by atoms with Gasteiger partial charge in [0, 0.05) is 5.69 Å². The molecular formula is C18H29N3O3. The summed E-state index contributed by atoms with van der Waals surface area (Å²) in [5.41, 5.74) is 0.0866. The van der Waals surface area contributed by atoms with Crippen LogP contribution in [0.25, 0.3) is 0 Å². The summed E-state index contributed by atoms with van der Waals surface area (Å²) < 4.78 is 1.88. The number of carboxylic acids is 1. The van der Waals surface area contributed by atoms with Gasteiger partial charge in [0.05, 0.1) is 6.04 Å². The number of hydrogen-bond acceptors (Lipinski definition) is 3. The molecule has 1 aromatic rings. The van der Waals surface area contributed by atoms with Crippen LogP contribution in [0.3, 0.4) is 0 Å². The van der Waals surface area contributed by atoms with E-state index >= 15 is 0 Å². The Hall–Kier alpha value is -1.85. The molecule has 6 nitrogen and oxygen atoms in total. The number of aromatic nitrogens is 2. The van der Waals surface area contributed by atoms with Gasteiger partial charge in [-0.1, -0.05) is 39.5 Å². The average molecular weight is 335 g/mol. The molecule has 134 valence electrons. The first kappa shape index (κ1) is 18.5. The summed E-state index contributed by atoms with van der Waals surface area (Å²) in [5, 5.41) is 16.9. The van der Waals surface area contributed by atoms with Gasteiger partial charge in [-0.2, -0.15) is 5.10 Å². The molecule has 0 atom stereocenters. The number of aliphatic carboxylic acids is 1. The summed E-state index contributed by atoms with van der Waals surface area (Å²) in [6, 6.07) is 2.01. The number of carboxylic acid groups (broad SMARTS) is 1. The van der Waals surface area contributed by atoms with Crippen molar-refractivity contribution in [3.05, 3.63) is 17.5 Å². The fraction of sp³-hybridized carbons (Fsp3) is 0.722. The molecule has 1 amide bonds. The summed E-state index contributed by atoms with van der Waals surface area (Å²) in [6.07, 6.45) is 6.56. The van der Waals surface area contributed by atoms with Gasteiger partial charge >= 0.3 is 5.97 Å². The maximum Gasteiger partial charge on any atom is 0.329 e. The highest BCUT2D eigenvalue weighted by atomic mass is 16.4. The number of rotatable bonds is 6. The predicted molar refractivity (Wildman–Crippen MR) is 92.1 cm³/mol. The molecule has 6 heteroatoms. The van der Waals surface area contributed by atoms with Crippen LogP contribution < -0.4 is 5.32 Å². The Balaban J connectivity index is 2.21. The number of carbonyl (C=O) groups excluding carboxylic acids is 1. The van der Waals surface area contributed by atoms with Gasteiger partial charge in [-0.15, -0.1) is 0 Å². The summed E-state index contributed by atoms with van der Waals surface area (Å²) >= 11 is 0. The molecule has 0 aliphatic heterocycles. The monoisotopic (exact) mass is 335 g/mol. The van der Waals surface area contributed by atoms with Crippen molar-refractivity contribution in [1.29, 1.82) is 0 Å². The molecule has 1 fully saturated rings. The molecule has 0 saturated heterocycles. The second kappa shape index (κ2) is 7.81. The Morgan fingerprint density at radius 2 is 1.83 bits per heavy atom. The molecule has 0 aromatic carbocycles. The van der Waals surface area contributed by atoms with Crippen LogP contribution >= 0.6 is 0 Å². The summed E-state index contributed by atoms with van der Waals surface area (Å²) in [4.78, 5) is 24.5. The van der Waals surface area contributed by atoms with E-state index in [1.54, 1.807) is 6.07 Å². The van der Waals surface area contributed by atoms with E-state index in [-0.39, 0.29) is 11.9 Å². The highest BCUT2D eigenvalue weighted by Crippen LogP contribution is 2.28. The third kappa shape index (κ3) is 3.79. The van der Waals surface area contributed by atoms with Crippen molar-refractivity contribution in [2.45, 2.75) is 83.7 Å². The van der Waals surface area contributed by atoms with Crippen LogP contribution in [0.2, 0.25) is 0 Å². The van der Waals surface area contributed by atoms with E-state index in [0.29, 0.717) is 18.5 Å². The third-order valence-electron chi connectivity index (χ3n) is 5.16. The van der Waals surface area contributed by atoms with E-state index in [4.69, 9.17) is 0 Å². The van der Waals surface area contributed by atoms with Crippen LogP contribution in [0.4, 0.5) is 0 Å². The Morgan fingerprint density at radius 3 is 2.33 bits per heavy atom. The lowest BCUT2D eigenvalue weighted by Gasteiger charge is -2.28. The van der Waals surface area contributed by atoms with Crippen molar-refractivity contribution in [3.8, 4) is 0 Å². The van der Waals surface area contributed by atoms with Crippen LogP contribution in [0, 0.1) is 6.92 Å². The minimum atomic E-state index is -1.15. The Labute approximate surface area is 143 Å². The molecule has 0 unspecified atom stereocenters. The van der Waals surface area contributed by atoms with Gasteiger partial charge in [0.25, 0.3) is 5.91 Å². The highest BCUT2D eigenvalue weighted by molar-refractivity contribution is 5.96. The first-order valence-electron chi connectivity index (χ1n) is 9.05. The van der Waals surface area contributed by atoms with Crippen LogP contribution in [0.1, 0.15) is 87.4 Å². The molecule has 24 heavy (non-hydrogen) atoms. The number of hydrogen-bond donors (Lipinski definition) is 2. The normalized spacial score (nSPS) is 17.5. The van der Waals surface area contributed by atoms with Gasteiger partial charge in [-0.25, -0.2) is 4.79 Å². The first-order chi connectivity index (χ1) is 11.4. The molecule has 2 N–H and O–H groups in total.